The van der Waals surface area contributed by atoms with Gasteiger partial charge in [-0.15, -0.1) is 0 Å². The highest BCUT2D eigenvalue weighted by Gasteiger charge is 2.25. The third-order valence-corrected chi connectivity index (χ3v) is 5.13. The summed E-state index contributed by atoms with van der Waals surface area (Å²) in [6.07, 6.45) is -0.977. The molecule has 1 heterocycles. The summed E-state index contributed by atoms with van der Waals surface area (Å²) in [6, 6.07) is 6.23. The van der Waals surface area contributed by atoms with E-state index in [0.29, 0.717) is 26.3 Å². The number of rotatable bonds is 6. The van der Waals surface area contributed by atoms with Crippen molar-refractivity contribution in [2.45, 2.75) is 24.8 Å². The maximum Gasteiger partial charge on any atom is 0.321 e. The number of carbonyl (C=O) groups is 2. The van der Waals surface area contributed by atoms with Crippen LogP contribution >= 0.6 is 0 Å². The normalized spacial score (nSPS) is 16.3. The van der Waals surface area contributed by atoms with Crippen LogP contribution in [0.4, 0.5) is 0 Å². The Morgan fingerprint density at radius 2 is 1.84 bits per heavy atom. The molecule has 1 aliphatic rings. The number of amides is 1. The summed E-state index contributed by atoms with van der Waals surface area (Å²) < 4.78 is 36.6. The molecule has 9 heteroatoms. The third-order valence-electron chi connectivity index (χ3n) is 3.72. The molecule has 1 N–H and O–H groups in total. The second-order valence-corrected chi connectivity index (χ2v) is 7.47. The molecule has 1 unspecified atom stereocenters. The van der Waals surface area contributed by atoms with Gasteiger partial charge in [0.1, 0.15) is 6.54 Å². The van der Waals surface area contributed by atoms with E-state index >= 15 is 0 Å². The van der Waals surface area contributed by atoms with Crippen LogP contribution in [0.25, 0.3) is 0 Å². The number of morpholine rings is 1. The molecule has 1 aromatic rings. The van der Waals surface area contributed by atoms with E-state index in [1.165, 1.54) is 19.1 Å². The van der Waals surface area contributed by atoms with E-state index in [9.17, 15) is 18.0 Å². The fraction of sp³-hybridized carbons (Fsp3) is 0.500. The van der Waals surface area contributed by atoms with E-state index < -0.39 is 28.6 Å². The lowest BCUT2D eigenvalue weighted by Gasteiger charge is -2.28. The van der Waals surface area contributed by atoms with Crippen LogP contribution in [-0.4, -0.2) is 64.1 Å². The molecule has 0 radical (unpaired) electrons. The summed E-state index contributed by atoms with van der Waals surface area (Å²) in [5, 5.41) is 0. The summed E-state index contributed by atoms with van der Waals surface area (Å²) in [6.45, 7) is 4.54. The van der Waals surface area contributed by atoms with Crippen LogP contribution in [0.5, 0.6) is 0 Å². The zero-order valence-corrected chi connectivity index (χ0v) is 15.0. The van der Waals surface area contributed by atoms with Crippen molar-refractivity contribution in [1.29, 1.82) is 0 Å². The molecule has 1 amide bonds. The van der Waals surface area contributed by atoms with E-state index in [1.54, 1.807) is 17.0 Å². The van der Waals surface area contributed by atoms with Crippen molar-refractivity contribution in [3.05, 3.63) is 29.8 Å². The maximum atomic E-state index is 12.1. The van der Waals surface area contributed by atoms with Gasteiger partial charge < -0.3 is 14.4 Å². The number of hydrogen-bond acceptors (Lipinski definition) is 6. The van der Waals surface area contributed by atoms with Gasteiger partial charge in [0.2, 0.25) is 10.0 Å². The highest BCUT2D eigenvalue weighted by molar-refractivity contribution is 7.89. The Kier molecular flexibility index (Phi) is 6.51. The number of aryl methyl sites for hydroxylation is 1. The van der Waals surface area contributed by atoms with Gasteiger partial charge in [-0.3, -0.25) is 9.59 Å². The maximum absolute atomic E-state index is 12.1. The highest BCUT2D eigenvalue weighted by Crippen LogP contribution is 2.10. The summed E-state index contributed by atoms with van der Waals surface area (Å²) >= 11 is 0. The summed E-state index contributed by atoms with van der Waals surface area (Å²) in [5.74, 6) is -1.14. The van der Waals surface area contributed by atoms with Gasteiger partial charge in [-0.2, -0.15) is 4.72 Å². The van der Waals surface area contributed by atoms with Crippen LogP contribution in [0.1, 0.15) is 12.5 Å². The average molecular weight is 370 g/mol. The number of benzene rings is 1. The number of ether oxygens (including phenoxy) is 2. The highest BCUT2D eigenvalue weighted by atomic mass is 32.2. The van der Waals surface area contributed by atoms with Crippen molar-refractivity contribution in [1.82, 2.24) is 9.62 Å². The minimum absolute atomic E-state index is 0.0586. The zero-order chi connectivity index (χ0) is 18.4. The molecule has 0 aromatic heterocycles. The smallest absolute Gasteiger partial charge is 0.321 e. The van der Waals surface area contributed by atoms with Gasteiger partial charge >= 0.3 is 5.97 Å². The van der Waals surface area contributed by atoms with Gasteiger partial charge in [0.15, 0.2) is 6.10 Å². The molecule has 1 aromatic carbocycles. The molecule has 25 heavy (non-hydrogen) atoms. The third kappa shape index (κ3) is 5.52. The van der Waals surface area contributed by atoms with E-state index in [4.69, 9.17) is 9.47 Å². The first kappa shape index (κ1) is 19.4. The lowest BCUT2D eigenvalue weighted by atomic mass is 10.2. The molecule has 0 aliphatic carbocycles. The largest absolute Gasteiger partial charge is 0.452 e. The van der Waals surface area contributed by atoms with E-state index in [-0.39, 0.29) is 10.8 Å². The number of nitrogens with one attached hydrogen (secondary N) is 1. The first-order valence-electron chi connectivity index (χ1n) is 7.92. The zero-order valence-electron chi connectivity index (χ0n) is 14.2. The molecule has 138 valence electrons. The molecular formula is C16H22N2O6S. The van der Waals surface area contributed by atoms with Crippen LogP contribution in [0.15, 0.2) is 29.2 Å². The van der Waals surface area contributed by atoms with E-state index in [1.807, 2.05) is 6.92 Å². The van der Waals surface area contributed by atoms with Crippen molar-refractivity contribution >= 4 is 21.9 Å². The predicted molar refractivity (Wildman–Crippen MR) is 89.3 cm³/mol. The van der Waals surface area contributed by atoms with Gasteiger partial charge in [-0.1, -0.05) is 17.7 Å². The molecule has 2 rings (SSSR count). The second-order valence-electron chi connectivity index (χ2n) is 5.71. The van der Waals surface area contributed by atoms with Crippen molar-refractivity contribution in [3.8, 4) is 0 Å². The Hall–Kier alpha value is -1.97. The molecule has 1 fully saturated rings. The van der Waals surface area contributed by atoms with Crippen molar-refractivity contribution < 1.29 is 27.5 Å². The average Bonchev–Trinajstić information content (AvgIpc) is 2.60. The topological polar surface area (TPSA) is 102 Å². The first-order valence-corrected chi connectivity index (χ1v) is 9.40. The standard InChI is InChI=1S/C16H22N2O6S/c1-12-3-5-14(6-4-12)25(21,22)17-11-15(19)24-13(2)16(20)18-7-9-23-10-8-18/h3-6,13,17H,7-11H2,1-2H3. The fourth-order valence-corrected chi connectivity index (χ4v) is 3.25. The predicted octanol–water partition coefficient (Wildman–Crippen LogP) is 0.0638. The Morgan fingerprint density at radius 1 is 1.24 bits per heavy atom. The lowest BCUT2D eigenvalue weighted by Crippen LogP contribution is -2.46. The van der Waals surface area contributed by atoms with Crippen molar-refractivity contribution in [2.75, 3.05) is 32.8 Å². The van der Waals surface area contributed by atoms with Crippen LogP contribution in [0.2, 0.25) is 0 Å². The Balaban J connectivity index is 1.85. The van der Waals surface area contributed by atoms with Crippen molar-refractivity contribution in [3.63, 3.8) is 0 Å². The van der Waals surface area contributed by atoms with Gasteiger partial charge in [0.25, 0.3) is 5.91 Å². The quantitative estimate of drug-likeness (QED) is 0.711. The van der Waals surface area contributed by atoms with Gasteiger partial charge in [-0.25, -0.2) is 8.42 Å². The van der Waals surface area contributed by atoms with Gasteiger partial charge in [0, 0.05) is 13.1 Å². The molecule has 1 atom stereocenters. The summed E-state index contributed by atoms with van der Waals surface area (Å²) in [5.41, 5.74) is 0.925. The van der Waals surface area contributed by atoms with Gasteiger partial charge in [-0.05, 0) is 26.0 Å². The number of esters is 1. The van der Waals surface area contributed by atoms with Crippen LogP contribution < -0.4 is 4.72 Å². The number of carbonyl (C=O) groups excluding carboxylic acids is 2. The van der Waals surface area contributed by atoms with Crippen molar-refractivity contribution in [2.24, 2.45) is 0 Å². The monoisotopic (exact) mass is 370 g/mol. The minimum Gasteiger partial charge on any atom is -0.452 e. The summed E-state index contributed by atoms with van der Waals surface area (Å²) in [4.78, 5) is 25.6. The SMILES string of the molecule is Cc1ccc(S(=O)(=O)NCC(=O)OC(C)C(=O)N2CCOCC2)cc1. The number of hydrogen-bond donors (Lipinski definition) is 1. The molecule has 0 bridgehead atoms. The molecule has 8 nitrogen and oxygen atoms in total. The second kappa shape index (κ2) is 8.41. The molecule has 1 aliphatic heterocycles. The Labute approximate surface area is 147 Å². The molecular weight excluding hydrogens is 348 g/mol. The molecule has 1 saturated heterocycles. The van der Waals surface area contributed by atoms with Crippen LogP contribution in [0.3, 0.4) is 0 Å². The number of nitrogens with zero attached hydrogens (tertiary/aromatic N) is 1. The Bertz CT molecular complexity index is 711. The van der Waals surface area contributed by atoms with Crippen LogP contribution in [-0.2, 0) is 29.1 Å². The minimum atomic E-state index is -3.81. The van der Waals surface area contributed by atoms with E-state index in [0.717, 1.165) is 5.56 Å². The number of sulfonamides is 1. The summed E-state index contributed by atoms with van der Waals surface area (Å²) in [7, 11) is -3.81. The van der Waals surface area contributed by atoms with E-state index in [2.05, 4.69) is 4.72 Å². The first-order chi connectivity index (χ1) is 11.8. The molecule has 0 spiro atoms. The Morgan fingerprint density at radius 3 is 2.44 bits per heavy atom. The molecule has 0 saturated carbocycles. The fourth-order valence-electron chi connectivity index (χ4n) is 2.28. The van der Waals surface area contributed by atoms with Crippen LogP contribution in [0, 0.1) is 6.92 Å². The van der Waals surface area contributed by atoms with Gasteiger partial charge in [0.05, 0.1) is 18.1 Å². The lowest BCUT2D eigenvalue weighted by molar-refractivity contribution is -0.160.